The van der Waals surface area contributed by atoms with Crippen molar-refractivity contribution in [1.29, 1.82) is 0 Å². The Morgan fingerprint density at radius 3 is 2.28 bits per heavy atom. The number of hydrogen-bond acceptors (Lipinski definition) is 7. The third-order valence-electron chi connectivity index (χ3n) is 5.83. The van der Waals surface area contributed by atoms with Crippen molar-refractivity contribution in [3.05, 3.63) is 61.0 Å². The Labute approximate surface area is 191 Å². The summed E-state index contributed by atoms with van der Waals surface area (Å²) in [6.45, 7) is 10.9. The summed E-state index contributed by atoms with van der Waals surface area (Å²) in [4.78, 5) is 29.4. The Balaban J connectivity index is 1.62. The number of rotatable bonds is 7. The van der Waals surface area contributed by atoms with Gasteiger partial charge in [-0.3, -0.25) is 14.0 Å². The average molecular weight is 478 g/mol. The van der Waals surface area contributed by atoms with E-state index in [0.717, 1.165) is 22.4 Å². The van der Waals surface area contributed by atoms with Crippen molar-refractivity contribution < 1.29 is 17.9 Å². The molecule has 32 heavy (non-hydrogen) atoms. The topological polar surface area (TPSA) is 107 Å². The van der Waals surface area contributed by atoms with Crippen molar-refractivity contribution in [2.75, 3.05) is 6.54 Å². The first-order valence-electron chi connectivity index (χ1n) is 10.1. The zero-order chi connectivity index (χ0) is 23.8. The molecule has 0 bridgehead atoms. The van der Waals surface area contributed by atoms with Gasteiger partial charge >= 0.3 is 5.97 Å². The second-order valence-electron chi connectivity index (χ2n) is 7.84. The zero-order valence-corrected chi connectivity index (χ0v) is 20.7. The minimum Gasteiger partial charge on any atom is -0.459 e. The van der Waals surface area contributed by atoms with Crippen LogP contribution in [0, 0.1) is 41.5 Å². The largest absolute Gasteiger partial charge is 0.459 e. The van der Waals surface area contributed by atoms with Crippen LogP contribution in [0.4, 0.5) is 0 Å². The number of carbonyl (C=O) groups is 1. The summed E-state index contributed by atoms with van der Waals surface area (Å²) in [5.74, 6) is -0.582. The molecule has 0 spiro atoms. The Morgan fingerprint density at radius 2 is 1.66 bits per heavy atom. The van der Waals surface area contributed by atoms with Crippen LogP contribution in [0.1, 0.15) is 45.6 Å². The molecule has 8 nitrogen and oxygen atoms in total. The molecule has 0 aliphatic carbocycles. The lowest BCUT2D eigenvalue weighted by atomic mass is 9.95. The van der Waals surface area contributed by atoms with Crippen molar-refractivity contribution in [3.8, 4) is 0 Å². The van der Waals surface area contributed by atoms with Crippen molar-refractivity contribution in [3.63, 3.8) is 0 Å². The van der Waals surface area contributed by atoms with E-state index in [4.69, 9.17) is 4.74 Å². The monoisotopic (exact) mass is 477 g/mol. The first-order valence-corrected chi connectivity index (χ1v) is 12.5. The van der Waals surface area contributed by atoms with E-state index in [1.165, 1.54) is 21.8 Å². The van der Waals surface area contributed by atoms with Gasteiger partial charge in [-0.15, -0.1) is 11.3 Å². The van der Waals surface area contributed by atoms with Gasteiger partial charge in [0.1, 0.15) is 6.61 Å². The van der Waals surface area contributed by atoms with Gasteiger partial charge in [-0.25, -0.2) is 18.1 Å². The quantitative estimate of drug-likeness (QED) is 0.524. The smallest absolute Gasteiger partial charge is 0.307 e. The molecule has 1 aromatic carbocycles. The van der Waals surface area contributed by atoms with E-state index in [1.54, 1.807) is 13.8 Å². The van der Waals surface area contributed by atoms with Gasteiger partial charge in [0, 0.05) is 23.7 Å². The maximum absolute atomic E-state index is 12.9. The van der Waals surface area contributed by atoms with Gasteiger partial charge in [0.2, 0.25) is 10.0 Å². The molecular formula is C22H27N3O5S2. The Kier molecular flexibility index (Phi) is 6.87. The zero-order valence-electron chi connectivity index (χ0n) is 19.0. The van der Waals surface area contributed by atoms with Gasteiger partial charge in [0.05, 0.1) is 17.0 Å². The highest BCUT2D eigenvalue weighted by molar-refractivity contribution is 7.89. The first-order chi connectivity index (χ1) is 14.9. The van der Waals surface area contributed by atoms with E-state index in [1.807, 2.05) is 33.1 Å². The lowest BCUT2D eigenvalue weighted by molar-refractivity contribution is -0.144. The lowest BCUT2D eigenvalue weighted by Crippen LogP contribution is -2.28. The van der Waals surface area contributed by atoms with Gasteiger partial charge in [-0.1, -0.05) is 0 Å². The van der Waals surface area contributed by atoms with Crippen LogP contribution in [0.15, 0.2) is 21.1 Å². The number of aryl methyl sites for hydroxylation is 1. The van der Waals surface area contributed by atoms with Crippen LogP contribution >= 0.6 is 11.3 Å². The van der Waals surface area contributed by atoms with Crippen LogP contribution in [-0.4, -0.2) is 30.3 Å². The molecular weight excluding hydrogens is 450 g/mol. The fraction of sp³-hybridized carbons (Fsp3) is 0.409. The minimum atomic E-state index is -3.79. The molecule has 2 aromatic heterocycles. The van der Waals surface area contributed by atoms with Crippen LogP contribution in [0.3, 0.4) is 0 Å². The molecule has 172 valence electrons. The number of aromatic nitrogens is 2. The highest BCUT2D eigenvalue weighted by Gasteiger charge is 2.23. The number of carbonyl (C=O) groups excluding carboxylic acids is 1. The number of fused-ring (bicyclic) bond motifs is 1. The summed E-state index contributed by atoms with van der Waals surface area (Å²) in [7, 11) is -3.79. The van der Waals surface area contributed by atoms with Crippen LogP contribution in [0.5, 0.6) is 0 Å². The van der Waals surface area contributed by atoms with Gasteiger partial charge in [0.25, 0.3) is 5.56 Å². The third kappa shape index (κ3) is 4.62. The SMILES string of the molecule is Cc1c(C)c(C)c(S(=O)(=O)NCCC(=O)OCc2cc(=O)n3c(C)csc3n2)c(C)c1C. The van der Waals surface area contributed by atoms with E-state index in [9.17, 15) is 18.0 Å². The van der Waals surface area contributed by atoms with Crippen molar-refractivity contribution in [2.24, 2.45) is 0 Å². The maximum Gasteiger partial charge on any atom is 0.307 e. The normalized spacial score (nSPS) is 11.8. The maximum atomic E-state index is 12.9. The van der Waals surface area contributed by atoms with Gasteiger partial charge in [-0.2, -0.15) is 0 Å². The Hall–Kier alpha value is -2.56. The van der Waals surface area contributed by atoms with Crippen LogP contribution < -0.4 is 10.3 Å². The fourth-order valence-corrected chi connectivity index (χ4v) is 6.15. The first kappa shape index (κ1) is 24.1. The predicted molar refractivity (Wildman–Crippen MR) is 124 cm³/mol. The molecule has 0 saturated heterocycles. The highest BCUT2D eigenvalue weighted by atomic mass is 32.2. The molecule has 0 aliphatic rings. The molecule has 10 heteroatoms. The van der Waals surface area contributed by atoms with Crippen LogP contribution in [0.25, 0.3) is 4.96 Å². The number of ether oxygens (including phenoxy) is 1. The van der Waals surface area contributed by atoms with Crippen LogP contribution in [0.2, 0.25) is 0 Å². The van der Waals surface area contributed by atoms with E-state index in [0.29, 0.717) is 21.8 Å². The number of thiazole rings is 1. The number of hydrogen-bond donors (Lipinski definition) is 1. The van der Waals surface area contributed by atoms with Crippen LogP contribution in [-0.2, 0) is 26.2 Å². The predicted octanol–water partition coefficient (Wildman–Crippen LogP) is 3.02. The summed E-state index contributed by atoms with van der Waals surface area (Å²) < 4.78 is 35.0. The fourth-order valence-electron chi connectivity index (χ4n) is 3.63. The molecule has 0 unspecified atom stereocenters. The number of sulfonamides is 1. The van der Waals surface area contributed by atoms with E-state index in [-0.39, 0.29) is 30.0 Å². The number of nitrogens with zero attached hydrogens (tertiary/aromatic N) is 2. The van der Waals surface area contributed by atoms with E-state index < -0.39 is 16.0 Å². The third-order valence-corrected chi connectivity index (χ3v) is 8.51. The van der Waals surface area contributed by atoms with Crippen molar-refractivity contribution in [2.45, 2.75) is 59.5 Å². The summed E-state index contributed by atoms with van der Waals surface area (Å²) in [5.41, 5.74) is 5.27. The van der Waals surface area contributed by atoms with E-state index in [2.05, 4.69) is 9.71 Å². The summed E-state index contributed by atoms with van der Waals surface area (Å²) in [5, 5.41) is 1.83. The molecule has 1 N–H and O–H groups in total. The van der Waals surface area contributed by atoms with Gasteiger partial charge < -0.3 is 4.74 Å². The van der Waals surface area contributed by atoms with Crippen molar-refractivity contribution in [1.82, 2.24) is 14.1 Å². The molecule has 0 atom stereocenters. The Bertz CT molecular complexity index is 1340. The average Bonchev–Trinajstić information content (AvgIpc) is 3.10. The number of nitrogens with one attached hydrogen (secondary N) is 1. The lowest BCUT2D eigenvalue weighted by Gasteiger charge is -2.19. The van der Waals surface area contributed by atoms with Crippen molar-refractivity contribution >= 4 is 32.3 Å². The molecule has 0 amide bonds. The summed E-state index contributed by atoms with van der Waals surface area (Å²) in [6.07, 6.45) is -0.138. The second kappa shape index (κ2) is 9.13. The Morgan fingerprint density at radius 1 is 1.06 bits per heavy atom. The molecule has 0 radical (unpaired) electrons. The standard InChI is InChI=1S/C22H27N3O5S2/c1-12-11-31-22-24-18(9-19(26)25(12)22)10-30-20(27)7-8-23-32(28,29)21-16(5)14(3)13(2)15(4)17(21)6/h9,11,23H,7-8,10H2,1-6H3. The molecule has 0 fully saturated rings. The van der Waals surface area contributed by atoms with E-state index >= 15 is 0 Å². The molecule has 3 aromatic rings. The number of benzene rings is 1. The molecule has 2 heterocycles. The number of esters is 1. The van der Waals surface area contributed by atoms with Gasteiger partial charge in [0.15, 0.2) is 4.96 Å². The highest BCUT2D eigenvalue weighted by Crippen LogP contribution is 2.29. The summed E-state index contributed by atoms with van der Waals surface area (Å²) >= 11 is 1.33. The second-order valence-corrected chi connectivity index (χ2v) is 10.4. The molecule has 0 aliphatic heterocycles. The van der Waals surface area contributed by atoms with Gasteiger partial charge in [-0.05, 0) is 69.4 Å². The minimum absolute atomic E-state index is 0.0920. The molecule has 3 rings (SSSR count). The molecule has 0 saturated carbocycles. The summed E-state index contributed by atoms with van der Waals surface area (Å²) in [6, 6.07) is 1.33.